The quantitative estimate of drug-likeness (QED) is 0.368. The third-order valence-electron chi connectivity index (χ3n) is 0.870. The van der Waals surface area contributed by atoms with E-state index in [4.69, 9.17) is 0 Å². The maximum Gasteiger partial charge on any atom is 0.366 e. The first-order valence-corrected chi connectivity index (χ1v) is 3.19. The summed E-state index contributed by atoms with van der Waals surface area (Å²) in [6.45, 7) is 0. The van der Waals surface area contributed by atoms with Crippen LogP contribution >= 0.6 is 0 Å². The lowest BCUT2D eigenvalue weighted by Gasteiger charge is -1.79. The SMILES string of the molecule is C1CC1.O=C1CC(=O)OO1. The minimum atomic E-state index is -0.620. The maximum absolute atomic E-state index is 9.89. The molecule has 2 rings (SSSR count). The Balaban J connectivity index is 0.000000138. The summed E-state index contributed by atoms with van der Waals surface area (Å²) in [5.41, 5.74) is 0. The second-order valence-corrected chi connectivity index (χ2v) is 2.15. The Morgan fingerprint density at radius 2 is 1.30 bits per heavy atom. The molecule has 0 spiro atoms. The van der Waals surface area contributed by atoms with Gasteiger partial charge in [0, 0.05) is 0 Å². The normalized spacial score (nSPS) is 20.4. The van der Waals surface area contributed by atoms with E-state index in [1.165, 1.54) is 19.3 Å². The van der Waals surface area contributed by atoms with E-state index in [2.05, 4.69) is 9.78 Å². The third kappa shape index (κ3) is 3.06. The first-order chi connectivity index (χ1) is 4.79. The monoisotopic (exact) mass is 144 g/mol. The summed E-state index contributed by atoms with van der Waals surface area (Å²) in [7, 11) is 0. The second kappa shape index (κ2) is 3.20. The molecule has 1 aliphatic heterocycles. The Labute approximate surface area is 58.0 Å². The zero-order valence-electron chi connectivity index (χ0n) is 5.46. The lowest BCUT2D eigenvalue weighted by atomic mass is 10.5. The molecule has 0 aromatic rings. The number of hydrogen-bond donors (Lipinski definition) is 0. The minimum absolute atomic E-state index is 0.250. The summed E-state index contributed by atoms with van der Waals surface area (Å²) in [6.07, 6.45) is 4.25. The summed E-state index contributed by atoms with van der Waals surface area (Å²) in [6, 6.07) is 0. The lowest BCUT2D eigenvalue weighted by molar-refractivity contribution is -0.235. The highest BCUT2D eigenvalue weighted by Gasteiger charge is 2.22. The number of rotatable bonds is 0. The fourth-order valence-corrected chi connectivity index (χ4v) is 0.270. The molecule has 4 heteroatoms. The van der Waals surface area contributed by atoms with Crippen LogP contribution in [-0.4, -0.2) is 11.9 Å². The number of hydrogen-bond acceptors (Lipinski definition) is 4. The maximum atomic E-state index is 9.89. The first kappa shape index (κ1) is 7.05. The predicted molar refractivity (Wildman–Crippen MR) is 30.7 cm³/mol. The summed E-state index contributed by atoms with van der Waals surface area (Å²) in [5, 5.41) is 0. The minimum Gasteiger partial charge on any atom is -0.247 e. The average Bonchev–Trinajstić information content (AvgIpc) is 2.67. The van der Waals surface area contributed by atoms with E-state index in [9.17, 15) is 9.59 Å². The molecule has 2 fully saturated rings. The van der Waals surface area contributed by atoms with Gasteiger partial charge in [0.15, 0.2) is 6.42 Å². The van der Waals surface area contributed by atoms with E-state index in [-0.39, 0.29) is 6.42 Å². The Kier molecular flexibility index (Phi) is 2.25. The molecule has 1 saturated carbocycles. The van der Waals surface area contributed by atoms with Gasteiger partial charge in [0.25, 0.3) is 0 Å². The fraction of sp³-hybridized carbons (Fsp3) is 0.667. The van der Waals surface area contributed by atoms with Crippen LogP contribution in [0.1, 0.15) is 25.7 Å². The van der Waals surface area contributed by atoms with E-state index in [0.717, 1.165) is 0 Å². The van der Waals surface area contributed by atoms with Crippen molar-refractivity contribution in [1.29, 1.82) is 0 Å². The van der Waals surface area contributed by atoms with Gasteiger partial charge in [0.05, 0.1) is 0 Å². The van der Waals surface area contributed by atoms with Crippen LogP contribution in [0.5, 0.6) is 0 Å². The first-order valence-electron chi connectivity index (χ1n) is 3.19. The van der Waals surface area contributed by atoms with E-state index in [1.54, 1.807) is 0 Å². The van der Waals surface area contributed by atoms with Crippen molar-refractivity contribution < 1.29 is 19.4 Å². The van der Waals surface area contributed by atoms with Crippen molar-refractivity contribution >= 4 is 11.9 Å². The molecule has 0 aromatic heterocycles. The van der Waals surface area contributed by atoms with Gasteiger partial charge in [-0.25, -0.2) is 19.4 Å². The van der Waals surface area contributed by atoms with Crippen LogP contribution in [0.4, 0.5) is 0 Å². The molecule has 0 radical (unpaired) electrons. The molecule has 1 aliphatic carbocycles. The van der Waals surface area contributed by atoms with Crippen LogP contribution in [-0.2, 0) is 19.4 Å². The fourth-order valence-electron chi connectivity index (χ4n) is 0.270. The topological polar surface area (TPSA) is 52.6 Å². The van der Waals surface area contributed by atoms with Crippen molar-refractivity contribution in [3.8, 4) is 0 Å². The molecule has 1 saturated heterocycles. The standard InChI is InChI=1S/C3H2O4.C3H6/c4-2-1-3(5)7-6-2;1-2-3-1/h1H2;1-3H2. The van der Waals surface area contributed by atoms with Crippen LogP contribution in [0.3, 0.4) is 0 Å². The molecular weight excluding hydrogens is 136 g/mol. The molecule has 0 atom stereocenters. The molecule has 10 heavy (non-hydrogen) atoms. The van der Waals surface area contributed by atoms with Gasteiger partial charge < -0.3 is 0 Å². The molecule has 4 nitrogen and oxygen atoms in total. The number of carbonyl (C=O) groups is 2. The Hall–Kier alpha value is -1.06. The number of carbonyl (C=O) groups excluding carboxylic acids is 2. The zero-order valence-corrected chi connectivity index (χ0v) is 5.46. The van der Waals surface area contributed by atoms with Gasteiger partial charge in [0.2, 0.25) is 0 Å². The average molecular weight is 144 g/mol. The highest BCUT2D eigenvalue weighted by molar-refractivity contribution is 5.94. The predicted octanol–water partition coefficient (Wildman–Crippen LogP) is 0.562. The second-order valence-electron chi connectivity index (χ2n) is 2.15. The summed E-state index contributed by atoms with van der Waals surface area (Å²) < 4.78 is 0. The van der Waals surface area contributed by atoms with Crippen molar-refractivity contribution in [2.75, 3.05) is 0 Å². The molecular formula is C6H8O4. The van der Waals surface area contributed by atoms with E-state index < -0.39 is 11.9 Å². The molecule has 0 unspecified atom stereocenters. The van der Waals surface area contributed by atoms with Crippen LogP contribution in [0.15, 0.2) is 0 Å². The van der Waals surface area contributed by atoms with Gasteiger partial charge in [-0.1, -0.05) is 19.3 Å². The van der Waals surface area contributed by atoms with Crippen molar-refractivity contribution in [2.45, 2.75) is 25.7 Å². The Morgan fingerprint density at radius 1 is 0.900 bits per heavy atom. The summed E-state index contributed by atoms with van der Waals surface area (Å²) in [4.78, 5) is 27.3. The molecule has 2 aliphatic rings. The summed E-state index contributed by atoms with van der Waals surface area (Å²) in [5.74, 6) is -1.24. The Morgan fingerprint density at radius 3 is 1.40 bits per heavy atom. The van der Waals surface area contributed by atoms with Gasteiger partial charge in [-0.05, 0) is 0 Å². The molecule has 0 aromatic carbocycles. The largest absolute Gasteiger partial charge is 0.366 e. The van der Waals surface area contributed by atoms with E-state index in [1.807, 2.05) is 0 Å². The van der Waals surface area contributed by atoms with E-state index >= 15 is 0 Å². The highest BCUT2D eigenvalue weighted by atomic mass is 17.2. The van der Waals surface area contributed by atoms with Gasteiger partial charge in [-0.2, -0.15) is 0 Å². The smallest absolute Gasteiger partial charge is 0.247 e. The summed E-state index contributed by atoms with van der Waals surface area (Å²) >= 11 is 0. The lowest BCUT2D eigenvalue weighted by Crippen LogP contribution is -1.90. The van der Waals surface area contributed by atoms with E-state index in [0.29, 0.717) is 0 Å². The van der Waals surface area contributed by atoms with Gasteiger partial charge >= 0.3 is 11.9 Å². The van der Waals surface area contributed by atoms with Crippen LogP contribution in [0.25, 0.3) is 0 Å². The van der Waals surface area contributed by atoms with Crippen LogP contribution < -0.4 is 0 Å². The van der Waals surface area contributed by atoms with Gasteiger partial charge in [-0.3, -0.25) is 0 Å². The van der Waals surface area contributed by atoms with Crippen LogP contribution in [0.2, 0.25) is 0 Å². The molecule has 56 valence electrons. The van der Waals surface area contributed by atoms with Crippen molar-refractivity contribution in [2.24, 2.45) is 0 Å². The third-order valence-corrected chi connectivity index (χ3v) is 0.870. The van der Waals surface area contributed by atoms with Crippen molar-refractivity contribution in [3.63, 3.8) is 0 Å². The zero-order chi connectivity index (χ0) is 7.40. The highest BCUT2D eigenvalue weighted by Crippen LogP contribution is 2.14. The van der Waals surface area contributed by atoms with Gasteiger partial charge in [-0.15, -0.1) is 0 Å². The van der Waals surface area contributed by atoms with Gasteiger partial charge in [0.1, 0.15) is 0 Å². The molecule has 0 amide bonds. The molecule has 0 bridgehead atoms. The van der Waals surface area contributed by atoms with Crippen molar-refractivity contribution in [3.05, 3.63) is 0 Å². The Bertz CT molecular complexity index is 133. The molecule has 1 heterocycles. The molecule has 0 N–H and O–H groups in total. The van der Waals surface area contributed by atoms with Crippen LogP contribution in [0, 0.1) is 0 Å². The van der Waals surface area contributed by atoms with Crippen molar-refractivity contribution in [1.82, 2.24) is 0 Å².